The van der Waals surface area contributed by atoms with Gasteiger partial charge in [-0.15, -0.1) is 11.3 Å². The van der Waals surface area contributed by atoms with Crippen molar-refractivity contribution in [1.29, 1.82) is 0 Å². The van der Waals surface area contributed by atoms with Crippen LogP contribution in [0.3, 0.4) is 0 Å². The molecule has 1 heterocycles. The first kappa shape index (κ1) is 19.0. The minimum absolute atomic E-state index is 0.391. The van der Waals surface area contributed by atoms with E-state index in [-0.39, 0.29) is 0 Å². The van der Waals surface area contributed by atoms with Gasteiger partial charge in [-0.1, -0.05) is 19.8 Å². The number of sulfonamides is 1. The highest BCUT2D eigenvalue weighted by Crippen LogP contribution is 2.19. The molecule has 21 heavy (non-hydrogen) atoms. The SMILES string of the molecule is CCNCc1cc(S(=O)(=O)NCCCCCCSC)cs1. The summed E-state index contributed by atoms with van der Waals surface area (Å²) >= 11 is 3.34. The number of unbranched alkanes of at least 4 members (excludes halogenated alkanes) is 3. The maximum absolute atomic E-state index is 12.1. The topological polar surface area (TPSA) is 58.2 Å². The van der Waals surface area contributed by atoms with Crippen LogP contribution in [-0.2, 0) is 16.6 Å². The van der Waals surface area contributed by atoms with Crippen molar-refractivity contribution >= 4 is 33.1 Å². The number of rotatable bonds is 12. The first-order valence-corrected chi connectivity index (χ1v) is 11.1. The van der Waals surface area contributed by atoms with Gasteiger partial charge < -0.3 is 5.32 Å². The van der Waals surface area contributed by atoms with Gasteiger partial charge in [0.25, 0.3) is 0 Å². The zero-order valence-electron chi connectivity index (χ0n) is 12.9. The Balaban J connectivity index is 2.31. The predicted molar refractivity (Wildman–Crippen MR) is 93.7 cm³/mol. The quantitative estimate of drug-likeness (QED) is 0.569. The van der Waals surface area contributed by atoms with Crippen LogP contribution in [0.4, 0.5) is 0 Å². The van der Waals surface area contributed by atoms with E-state index in [1.165, 1.54) is 29.9 Å². The van der Waals surface area contributed by atoms with Crippen LogP contribution in [0.15, 0.2) is 16.3 Å². The van der Waals surface area contributed by atoms with E-state index in [1.807, 2.05) is 18.7 Å². The van der Waals surface area contributed by atoms with E-state index >= 15 is 0 Å². The molecule has 0 spiro atoms. The summed E-state index contributed by atoms with van der Waals surface area (Å²) in [4.78, 5) is 1.44. The molecule has 2 N–H and O–H groups in total. The van der Waals surface area contributed by atoms with Crippen molar-refractivity contribution in [2.45, 2.75) is 44.0 Å². The van der Waals surface area contributed by atoms with Crippen LogP contribution in [0.1, 0.15) is 37.5 Å². The standard InChI is InChI=1S/C14H26N2O2S3/c1-3-15-11-13-10-14(12-20-13)21(17,18)16-8-6-4-5-7-9-19-2/h10,12,15-16H,3-9,11H2,1-2H3. The molecule has 0 aliphatic rings. The minimum atomic E-state index is -3.33. The summed E-state index contributed by atoms with van der Waals surface area (Å²) in [5, 5.41) is 4.92. The zero-order valence-corrected chi connectivity index (χ0v) is 15.3. The molecular formula is C14H26N2O2S3. The molecule has 0 atom stereocenters. The lowest BCUT2D eigenvalue weighted by Gasteiger charge is -2.05. The molecule has 122 valence electrons. The summed E-state index contributed by atoms with van der Waals surface area (Å²) < 4.78 is 26.9. The Morgan fingerprint density at radius 1 is 1.24 bits per heavy atom. The fourth-order valence-electron chi connectivity index (χ4n) is 1.86. The normalized spacial score (nSPS) is 11.9. The molecule has 1 aromatic heterocycles. The third-order valence-corrected chi connectivity index (χ3v) is 6.28. The molecular weight excluding hydrogens is 324 g/mol. The van der Waals surface area contributed by atoms with Crippen molar-refractivity contribution < 1.29 is 8.42 Å². The highest BCUT2D eigenvalue weighted by molar-refractivity contribution is 7.98. The van der Waals surface area contributed by atoms with Gasteiger partial charge in [0.05, 0.1) is 4.90 Å². The van der Waals surface area contributed by atoms with Crippen LogP contribution < -0.4 is 10.0 Å². The molecule has 0 saturated carbocycles. The van der Waals surface area contributed by atoms with Gasteiger partial charge in [-0.05, 0) is 37.5 Å². The van der Waals surface area contributed by atoms with Crippen LogP contribution in [0.5, 0.6) is 0 Å². The average molecular weight is 351 g/mol. The molecule has 0 aliphatic heterocycles. The smallest absolute Gasteiger partial charge is 0.241 e. The third-order valence-electron chi connectivity index (χ3n) is 3.06. The van der Waals surface area contributed by atoms with E-state index in [9.17, 15) is 8.42 Å². The highest BCUT2D eigenvalue weighted by Gasteiger charge is 2.15. The van der Waals surface area contributed by atoms with E-state index in [1.54, 1.807) is 11.4 Å². The molecule has 0 amide bonds. The number of thioether (sulfide) groups is 1. The van der Waals surface area contributed by atoms with Gasteiger partial charge in [-0.2, -0.15) is 11.8 Å². The van der Waals surface area contributed by atoms with Gasteiger partial charge >= 0.3 is 0 Å². The lowest BCUT2D eigenvalue weighted by atomic mass is 10.2. The van der Waals surface area contributed by atoms with E-state index < -0.39 is 10.0 Å². The molecule has 4 nitrogen and oxygen atoms in total. The monoisotopic (exact) mass is 350 g/mol. The Labute approximate surface area is 137 Å². The lowest BCUT2D eigenvalue weighted by Crippen LogP contribution is -2.24. The maximum Gasteiger partial charge on any atom is 0.241 e. The second-order valence-electron chi connectivity index (χ2n) is 4.83. The summed E-state index contributed by atoms with van der Waals surface area (Å²) in [6, 6.07) is 1.76. The molecule has 0 aromatic carbocycles. The van der Waals surface area contributed by atoms with Gasteiger partial charge in [-0.3, -0.25) is 0 Å². The predicted octanol–water partition coefficient (Wildman–Crippen LogP) is 3.06. The first-order chi connectivity index (χ1) is 10.1. The second kappa shape index (κ2) is 10.6. The van der Waals surface area contributed by atoms with E-state index in [2.05, 4.69) is 16.3 Å². The highest BCUT2D eigenvalue weighted by atomic mass is 32.2. The van der Waals surface area contributed by atoms with Gasteiger partial charge in [0, 0.05) is 23.3 Å². The summed E-state index contributed by atoms with van der Waals surface area (Å²) in [5.74, 6) is 1.19. The Bertz CT molecular complexity index is 486. The number of nitrogens with one attached hydrogen (secondary N) is 2. The van der Waals surface area contributed by atoms with Crippen LogP contribution in [0.25, 0.3) is 0 Å². The maximum atomic E-state index is 12.1. The number of thiophene rings is 1. The van der Waals surface area contributed by atoms with E-state index in [0.29, 0.717) is 11.4 Å². The lowest BCUT2D eigenvalue weighted by molar-refractivity contribution is 0.574. The molecule has 0 saturated heterocycles. The number of hydrogen-bond donors (Lipinski definition) is 2. The van der Waals surface area contributed by atoms with Crippen molar-refractivity contribution in [3.05, 3.63) is 16.3 Å². The Morgan fingerprint density at radius 2 is 2.00 bits per heavy atom. The van der Waals surface area contributed by atoms with Crippen LogP contribution in [0, 0.1) is 0 Å². The van der Waals surface area contributed by atoms with E-state index in [0.717, 1.165) is 30.8 Å². The average Bonchev–Trinajstić information content (AvgIpc) is 2.94. The summed E-state index contributed by atoms with van der Waals surface area (Å²) in [6.45, 7) is 4.17. The number of hydrogen-bond acceptors (Lipinski definition) is 5. The molecule has 0 unspecified atom stereocenters. The molecule has 0 fully saturated rings. The van der Waals surface area contributed by atoms with E-state index in [4.69, 9.17) is 0 Å². The minimum Gasteiger partial charge on any atom is -0.312 e. The molecule has 7 heteroatoms. The van der Waals surface area contributed by atoms with Crippen molar-refractivity contribution in [3.8, 4) is 0 Å². The second-order valence-corrected chi connectivity index (χ2v) is 8.58. The summed E-state index contributed by atoms with van der Waals surface area (Å²) in [6.07, 6.45) is 6.49. The molecule has 0 bridgehead atoms. The van der Waals surface area contributed by atoms with Crippen molar-refractivity contribution in [3.63, 3.8) is 0 Å². The van der Waals surface area contributed by atoms with Gasteiger partial charge in [0.15, 0.2) is 0 Å². The van der Waals surface area contributed by atoms with Gasteiger partial charge in [0.1, 0.15) is 0 Å². The molecule has 1 aromatic rings. The molecule has 0 radical (unpaired) electrons. The fourth-order valence-corrected chi connectivity index (χ4v) is 4.67. The summed E-state index contributed by atoms with van der Waals surface area (Å²) in [5.41, 5.74) is 0. The third kappa shape index (κ3) is 7.65. The van der Waals surface area contributed by atoms with Crippen molar-refractivity contribution in [1.82, 2.24) is 10.0 Å². The van der Waals surface area contributed by atoms with Crippen LogP contribution in [-0.4, -0.2) is 33.5 Å². The Hall–Kier alpha value is -0.0800. The fraction of sp³-hybridized carbons (Fsp3) is 0.714. The summed E-state index contributed by atoms with van der Waals surface area (Å²) in [7, 11) is -3.33. The van der Waals surface area contributed by atoms with Crippen LogP contribution in [0.2, 0.25) is 0 Å². The Kier molecular flexibility index (Phi) is 9.59. The molecule has 1 rings (SSSR count). The van der Waals surface area contributed by atoms with Crippen LogP contribution >= 0.6 is 23.1 Å². The van der Waals surface area contributed by atoms with Crippen molar-refractivity contribution in [2.24, 2.45) is 0 Å². The zero-order chi connectivity index (χ0) is 15.6. The van der Waals surface area contributed by atoms with Gasteiger partial charge in [-0.25, -0.2) is 13.1 Å². The molecule has 0 aliphatic carbocycles. The largest absolute Gasteiger partial charge is 0.312 e. The van der Waals surface area contributed by atoms with Gasteiger partial charge in [0.2, 0.25) is 10.0 Å². The first-order valence-electron chi connectivity index (χ1n) is 7.37. The van der Waals surface area contributed by atoms with Crippen molar-refractivity contribution in [2.75, 3.05) is 25.1 Å². The Morgan fingerprint density at radius 3 is 2.71 bits per heavy atom.